The van der Waals surface area contributed by atoms with Crippen LogP contribution in [-0.2, 0) is 19.1 Å². The topological polar surface area (TPSA) is 130 Å². The summed E-state index contributed by atoms with van der Waals surface area (Å²) in [7, 11) is 0. The van der Waals surface area contributed by atoms with Gasteiger partial charge in [0.15, 0.2) is 0 Å². The maximum Gasteiger partial charge on any atom is 0.513 e. The van der Waals surface area contributed by atoms with E-state index in [1.165, 1.54) is 13.8 Å². The Morgan fingerprint density at radius 1 is 1.00 bits per heavy atom. The Hall–Kier alpha value is -2.61. The van der Waals surface area contributed by atoms with Crippen molar-refractivity contribution in [3.63, 3.8) is 0 Å². The fraction of sp³-hybridized carbons (Fsp3) is 0.308. The number of carbonyl (C=O) groups is 3. The maximum absolute atomic E-state index is 11.2. The number of allylic oxidation sites excluding steroid dienone is 3. The molecule has 0 aliphatic rings. The Labute approximate surface area is 120 Å². The molecule has 0 saturated carbocycles. The highest BCUT2D eigenvalue weighted by Gasteiger charge is 2.09. The van der Waals surface area contributed by atoms with Crippen LogP contribution in [0.3, 0.4) is 0 Å². The second-order valence-electron chi connectivity index (χ2n) is 3.78. The van der Waals surface area contributed by atoms with Gasteiger partial charge in [-0.3, -0.25) is 0 Å². The van der Waals surface area contributed by atoms with Crippen LogP contribution in [-0.4, -0.2) is 46.6 Å². The molecule has 0 heterocycles. The molecule has 21 heavy (non-hydrogen) atoms. The molecular formula is C13H16O8. The van der Waals surface area contributed by atoms with Gasteiger partial charge >= 0.3 is 18.1 Å². The molecule has 0 radical (unpaired) electrons. The third-order valence-electron chi connectivity index (χ3n) is 2.04. The normalized spacial score (nSPS) is 12.8. The van der Waals surface area contributed by atoms with E-state index in [1.807, 2.05) is 0 Å². The second-order valence-corrected chi connectivity index (χ2v) is 3.78. The number of ether oxygens (including phenoxy) is 2. The van der Waals surface area contributed by atoms with Crippen molar-refractivity contribution in [2.45, 2.75) is 13.8 Å². The lowest BCUT2D eigenvalue weighted by Crippen LogP contribution is -2.10. The zero-order valence-electron chi connectivity index (χ0n) is 11.5. The molecular weight excluding hydrogens is 284 g/mol. The van der Waals surface area contributed by atoms with E-state index in [2.05, 4.69) is 4.74 Å². The van der Waals surface area contributed by atoms with E-state index in [1.54, 1.807) is 0 Å². The molecule has 0 amide bonds. The first-order valence-electron chi connectivity index (χ1n) is 5.76. The monoisotopic (exact) mass is 300 g/mol. The van der Waals surface area contributed by atoms with Gasteiger partial charge in [0.1, 0.15) is 12.4 Å². The smallest absolute Gasteiger partial charge is 0.478 e. The van der Waals surface area contributed by atoms with Crippen LogP contribution in [0.2, 0.25) is 0 Å². The van der Waals surface area contributed by atoms with Crippen molar-refractivity contribution in [1.29, 1.82) is 0 Å². The van der Waals surface area contributed by atoms with Crippen LogP contribution in [0, 0.1) is 0 Å². The molecule has 0 aromatic carbocycles. The van der Waals surface area contributed by atoms with Gasteiger partial charge in [0.2, 0.25) is 0 Å². The molecule has 0 aliphatic heterocycles. The molecule has 0 fully saturated rings. The van der Waals surface area contributed by atoms with Crippen LogP contribution < -0.4 is 0 Å². The van der Waals surface area contributed by atoms with Gasteiger partial charge in [-0.05, 0) is 32.1 Å². The summed E-state index contributed by atoms with van der Waals surface area (Å²) in [6.07, 6.45) is 2.15. The van der Waals surface area contributed by atoms with Crippen molar-refractivity contribution in [3.05, 3.63) is 35.1 Å². The average molecular weight is 300 g/mol. The minimum atomic E-state index is -1.23. The van der Waals surface area contributed by atoms with E-state index >= 15 is 0 Å². The van der Waals surface area contributed by atoms with Crippen LogP contribution in [0.15, 0.2) is 35.1 Å². The Morgan fingerprint density at radius 3 is 2.05 bits per heavy atom. The molecule has 0 bridgehead atoms. The van der Waals surface area contributed by atoms with Crippen LogP contribution in [0.1, 0.15) is 13.8 Å². The molecule has 0 saturated heterocycles. The summed E-state index contributed by atoms with van der Waals surface area (Å²) in [5.74, 6) is -2.61. The molecule has 0 aliphatic carbocycles. The summed E-state index contributed by atoms with van der Waals surface area (Å²) in [5.41, 5.74) is -0.168. The fourth-order valence-electron chi connectivity index (χ4n) is 0.920. The second kappa shape index (κ2) is 9.32. The summed E-state index contributed by atoms with van der Waals surface area (Å²) in [6, 6.07) is 0. The standard InChI is InChI=1S/C13H16O8/c1-8(11(15)16)3-4-10(7-9(2)12(17)18)21-13(19)20-6-5-14/h3-4,7,14H,5-6H2,1-2H3,(H,15,16)(H,17,18). The van der Waals surface area contributed by atoms with Crippen LogP contribution in [0.4, 0.5) is 4.79 Å². The first-order valence-corrected chi connectivity index (χ1v) is 5.76. The third-order valence-corrected chi connectivity index (χ3v) is 2.04. The van der Waals surface area contributed by atoms with Crippen molar-refractivity contribution in [2.75, 3.05) is 13.2 Å². The summed E-state index contributed by atoms with van der Waals surface area (Å²) in [6.45, 7) is 1.91. The van der Waals surface area contributed by atoms with Gasteiger partial charge in [0.05, 0.1) is 6.61 Å². The molecule has 0 spiro atoms. The first kappa shape index (κ1) is 18.4. The van der Waals surface area contributed by atoms with Crippen molar-refractivity contribution in [2.24, 2.45) is 0 Å². The molecule has 0 aromatic heterocycles. The number of carbonyl (C=O) groups excluding carboxylic acids is 1. The number of hydrogen-bond acceptors (Lipinski definition) is 6. The summed E-state index contributed by atoms with van der Waals surface area (Å²) in [4.78, 5) is 32.6. The predicted molar refractivity (Wildman–Crippen MR) is 70.4 cm³/mol. The molecule has 0 atom stereocenters. The zero-order chi connectivity index (χ0) is 16.4. The number of aliphatic hydroxyl groups is 1. The summed E-state index contributed by atoms with van der Waals surface area (Å²) < 4.78 is 9.17. The summed E-state index contributed by atoms with van der Waals surface area (Å²) >= 11 is 0. The van der Waals surface area contributed by atoms with Gasteiger partial charge in [-0.2, -0.15) is 0 Å². The molecule has 116 valence electrons. The SMILES string of the molecule is CC(=CC=C(C=C(C)C(=O)O)OC(=O)OCCO)C(=O)O. The number of aliphatic hydroxyl groups excluding tert-OH is 1. The number of rotatable bonds is 7. The number of carboxylic acid groups (broad SMARTS) is 2. The molecule has 0 aromatic rings. The molecule has 8 nitrogen and oxygen atoms in total. The van der Waals surface area contributed by atoms with Gasteiger partial charge in [-0.1, -0.05) is 0 Å². The van der Waals surface area contributed by atoms with Gasteiger partial charge in [-0.15, -0.1) is 0 Å². The van der Waals surface area contributed by atoms with Gasteiger partial charge in [-0.25, -0.2) is 14.4 Å². The third kappa shape index (κ3) is 8.22. The van der Waals surface area contributed by atoms with Crippen molar-refractivity contribution in [3.8, 4) is 0 Å². The maximum atomic E-state index is 11.2. The largest absolute Gasteiger partial charge is 0.513 e. The Bertz CT molecular complexity index is 498. The fourth-order valence-corrected chi connectivity index (χ4v) is 0.920. The predicted octanol–water partition coefficient (Wildman–Crippen LogP) is 1.08. The van der Waals surface area contributed by atoms with E-state index < -0.39 is 24.7 Å². The molecule has 0 unspecified atom stereocenters. The first-order chi connectivity index (χ1) is 9.77. The Kier molecular flexibility index (Phi) is 8.16. The van der Waals surface area contributed by atoms with Crippen molar-refractivity contribution >= 4 is 18.1 Å². The van der Waals surface area contributed by atoms with Crippen LogP contribution >= 0.6 is 0 Å². The highest BCUT2D eigenvalue weighted by atomic mass is 16.7. The lowest BCUT2D eigenvalue weighted by atomic mass is 10.2. The highest BCUT2D eigenvalue weighted by Crippen LogP contribution is 2.08. The lowest BCUT2D eigenvalue weighted by Gasteiger charge is -2.05. The van der Waals surface area contributed by atoms with Crippen molar-refractivity contribution in [1.82, 2.24) is 0 Å². The number of hydrogen-bond donors (Lipinski definition) is 3. The summed E-state index contributed by atoms with van der Waals surface area (Å²) in [5, 5.41) is 26.0. The van der Waals surface area contributed by atoms with E-state index in [0.717, 1.165) is 18.2 Å². The van der Waals surface area contributed by atoms with Gasteiger partial charge in [0, 0.05) is 11.1 Å². The van der Waals surface area contributed by atoms with Crippen LogP contribution in [0.5, 0.6) is 0 Å². The number of carboxylic acids is 2. The molecule has 0 rings (SSSR count). The minimum absolute atomic E-state index is 0.0406. The Morgan fingerprint density at radius 2 is 1.57 bits per heavy atom. The average Bonchev–Trinajstić information content (AvgIpc) is 2.41. The minimum Gasteiger partial charge on any atom is -0.478 e. The van der Waals surface area contributed by atoms with E-state index in [9.17, 15) is 14.4 Å². The highest BCUT2D eigenvalue weighted by molar-refractivity contribution is 5.87. The van der Waals surface area contributed by atoms with E-state index in [-0.39, 0.29) is 23.5 Å². The van der Waals surface area contributed by atoms with Crippen LogP contribution in [0.25, 0.3) is 0 Å². The van der Waals surface area contributed by atoms with E-state index in [0.29, 0.717) is 0 Å². The quantitative estimate of drug-likeness (QED) is 0.275. The van der Waals surface area contributed by atoms with Gasteiger partial charge in [0.25, 0.3) is 0 Å². The number of aliphatic carboxylic acids is 2. The van der Waals surface area contributed by atoms with Crippen molar-refractivity contribution < 1.29 is 39.2 Å². The zero-order valence-corrected chi connectivity index (χ0v) is 11.5. The van der Waals surface area contributed by atoms with Gasteiger partial charge < -0.3 is 24.8 Å². The molecule has 3 N–H and O–H groups in total. The molecule has 8 heteroatoms. The Balaban J connectivity index is 5.20. The lowest BCUT2D eigenvalue weighted by molar-refractivity contribution is -0.133. The van der Waals surface area contributed by atoms with E-state index in [4.69, 9.17) is 20.1 Å².